The van der Waals surface area contributed by atoms with Gasteiger partial charge in [-0.05, 0) is 19.3 Å². The van der Waals surface area contributed by atoms with E-state index in [0.29, 0.717) is 0 Å². The second kappa shape index (κ2) is 10.4. The van der Waals surface area contributed by atoms with Crippen LogP contribution in [0.3, 0.4) is 0 Å². The van der Waals surface area contributed by atoms with E-state index in [1.807, 2.05) is 6.92 Å². The Morgan fingerprint density at radius 2 is 1.33 bits per heavy atom. The van der Waals surface area contributed by atoms with Crippen molar-refractivity contribution in [1.82, 2.24) is 0 Å². The molecule has 0 amide bonds. The Morgan fingerprint density at radius 1 is 0.833 bits per heavy atom. The van der Waals surface area contributed by atoms with E-state index in [2.05, 4.69) is 13.8 Å². The Bertz CT molecular complexity index is 213. The van der Waals surface area contributed by atoms with Crippen molar-refractivity contribution in [2.75, 3.05) is 0 Å². The quantitative estimate of drug-likeness (QED) is 0.474. The van der Waals surface area contributed by atoms with E-state index in [-0.39, 0.29) is 0 Å². The van der Waals surface area contributed by atoms with Gasteiger partial charge in [-0.1, -0.05) is 72.1 Å². The molecule has 18 heavy (non-hydrogen) atoms. The van der Waals surface area contributed by atoms with Gasteiger partial charge in [0.1, 0.15) is 0 Å². The van der Waals surface area contributed by atoms with Gasteiger partial charge in [0, 0.05) is 0 Å². The molecule has 0 aliphatic rings. The van der Waals surface area contributed by atoms with E-state index in [9.17, 15) is 9.90 Å². The molecular formula is C16H32O2. The number of carboxylic acid groups (broad SMARTS) is 1. The minimum absolute atomic E-state index is 0.444. The normalized spacial score (nSPS) is 14.4. The lowest BCUT2D eigenvalue weighted by atomic mass is 9.76. The number of hydrogen-bond acceptors (Lipinski definition) is 1. The maximum Gasteiger partial charge on any atom is 0.309 e. The van der Waals surface area contributed by atoms with Gasteiger partial charge in [0.2, 0.25) is 0 Å². The van der Waals surface area contributed by atoms with Crippen molar-refractivity contribution in [2.24, 2.45) is 5.41 Å². The third-order valence-corrected chi connectivity index (χ3v) is 4.15. The Labute approximate surface area is 113 Å². The average Bonchev–Trinajstić information content (AvgIpc) is 2.37. The summed E-state index contributed by atoms with van der Waals surface area (Å²) in [4.78, 5) is 11.5. The zero-order valence-corrected chi connectivity index (χ0v) is 12.6. The average molecular weight is 256 g/mol. The molecule has 0 spiro atoms. The van der Waals surface area contributed by atoms with Crippen LogP contribution in [0.25, 0.3) is 0 Å². The van der Waals surface area contributed by atoms with Crippen LogP contribution in [0.5, 0.6) is 0 Å². The standard InChI is InChI=1S/C16H32O2/c1-4-7-9-10-11-12-14-16(6-3,15(17)18)13-8-5-2/h4-14H2,1-3H3,(H,17,18)/t16-/m0/s1. The molecule has 0 rings (SSSR count). The van der Waals surface area contributed by atoms with E-state index in [1.54, 1.807) is 0 Å². The van der Waals surface area contributed by atoms with Crippen LogP contribution >= 0.6 is 0 Å². The molecule has 0 aromatic carbocycles. The SMILES string of the molecule is CCCCCCCC[C@](CC)(CCCC)C(=O)O. The molecule has 1 N–H and O–H groups in total. The summed E-state index contributed by atoms with van der Waals surface area (Å²) in [6.45, 7) is 6.38. The van der Waals surface area contributed by atoms with Crippen LogP contribution in [0.2, 0.25) is 0 Å². The lowest BCUT2D eigenvalue weighted by molar-refractivity contribution is -0.150. The van der Waals surface area contributed by atoms with Crippen molar-refractivity contribution >= 4 is 5.97 Å². The van der Waals surface area contributed by atoms with Crippen molar-refractivity contribution in [3.05, 3.63) is 0 Å². The molecule has 0 aromatic rings. The molecule has 0 unspecified atom stereocenters. The highest BCUT2D eigenvalue weighted by atomic mass is 16.4. The largest absolute Gasteiger partial charge is 0.481 e. The molecule has 108 valence electrons. The number of aliphatic carboxylic acids is 1. The fourth-order valence-electron chi connectivity index (χ4n) is 2.60. The Balaban J connectivity index is 4.04. The molecule has 0 radical (unpaired) electrons. The highest BCUT2D eigenvalue weighted by Crippen LogP contribution is 2.35. The van der Waals surface area contributed by atoms with Gasteiger partial charge < -0.3 is 5.11 Å². The summed E-state index contributed by atoms with van der Waals surface area (Å²) in [5, 5.41) is 9.49. The van der Waals surface area contributed by atoms with Crippen molar-refractivity contribution < 1.29 is 9.90 Å². The van der Waals surface area contributed by atoms with Crippen molar-refractivity contribution in [3.63, 3.8) is 0 Å². The van der Waals surface area contributed by atoms with Crippen LogP contribution in [0.1, 0.15) is 91.4 Å². The third kappa shape index (κ3) is 6.42. The van der Waals surface area contributed by atoms with Gasteiger partial charge in [-0.2, -0.15) is 0 Å². The topological polar surface area (TPSA) is 37.3 Å². The molecule has 0 aromatic heterocycles. The Morgan fingerprint density at radius 3 is 1.83 bits per heavy atom. The van der Waals surface area contributed by atoms with Crippen molar-refractivity contribution in [3.8, 4) is 0 Å². The zero-order valence-electron chi connectivity index (χ0n) is 12.6. The van der Waals surface area contributed by atoms with E-state index in [0.717, 1.165) is 38.5 Å². The molecule has 0 aliphatic heterocycles. The lowest BCUT2D eigenvalue weighted by Gasteiger charge is -2.28. The van der Waals surface area contributed by atoms with Gasteiger partial charge in [0.15, 0.2) is 0 Å². The Hall–Kier alpha value is -0.530. The van der Waals surface area contributed by atoms with Gasteiger partial charge in [0.05, 0.1) is 5.41 Å². The van der Waals surface area contributed by atoms with Gasteiger partial charge in [-0.3, -0.25) is 4.79 Å². The molecular weight excluding hydrogens is 224 g/mol. The first-order valence-electron chi connectivity index (χ1n) is 7.86. The number of carbonyl (C=O) groups is 1. The maximum atomic E-state index is 11.5. The first-order valence-corrected chi connectivity index (χ1v) is 7.86. The molecule has 0 fully saturated rings. The molecule has 2 nitrogen and oxygen atoms in total. The first kappa shape index (κ1) is 17.5. The number of unbranched alkanes of at least 4 members (excludes halogenated alkanes) is 6. The molecule has 0 aliphatic carbocycles. The van der Waals surface area contributed by atoms with Gasteiger partial charge in [-0.15, -0.1) is 0 Å². The van der Waals surface area contributed by atoms with Gasteiger partial charge in [-0.25, -0.2) is 0 Å². The van der Waals surface area contributed by atoms with Crippen LogP contribution in [0, 0.1) is 5.41 Å². The molecule has 0 saturated carbocycles. The van der Waals surface area contributed by atoms with Crippen LogP contribution in [0.4, 0.5) is 0 Å². The minimum atomic E-state index is -0.577. The fraction of sp³-hybridized carbons (Fsp3) is 0.938. The van der Waals surface area contributed by atoms with Crippen LogP contribution in [0.15, 0.2) is 0 Å². The predicted molar refractivity (Wildman–Crippen MR) is 77.9 cm³/mol. The summed E-state index contributed by atoms with van der Waals surface area (Å²) in [5.74, 6) is -0.577. The van der Waals surface area contributed by atoms with E-state index in [1.165, 1.54) is 32.1 Å². The Kier molecular flexibility index (Phi) is 10.1. The van der Waals surface area contributed by atoms with E-state index < -0.39 is 11.4 Å². The molecule has 0 bridgehead atoms. The van der Waals surface area contributed by atoms with Crippen molar-refractivity contribution in [2.45, 2.75) is 91.4 Å². The van der Waals surface area contributed by atoms with Gasteiger partial charge in [0.25, 0.3) is 0 Å². The second-order valence-corrected chi connectivity index (χ2v) is 5.56. The van der Waals surface area contributed by atoms with E-state index >= 15 is 0 Å². The van der Waals surface area contributed by atoms with E-state index in [4.69, 9.17) is 0 Å². The van der Waals surface area contributed by atoms with Gasteiger partial charge >= 0.3 is 5.97 Å². The summed E-state index contributed by atoms with van der Waals surface area (Å²) in [5.41, 5.74) is -0.444. The third-order valence-electron chi connectivity index (χ3n) is 4.15. The van der Waals surface area contributed by atoms with Crippen LogP contribution in [-0.4, -0.2) is 11.1 Å². The van der Waals surface area contributed by atoms with Crippen molar-refractivity contribution in [1.29, 1.82) is 0 Å². The summed E-state index contributed by atoms with van der Waals surface area (Å²) in [7, 11) is 0. The summed E-state index contributed by atoms with van der Waals surface area (Å²) >= 11 is 0. The predicted octanol–water partition coefficient (Wildman–Crippen LogP) is 5.41. The summed E-state index contributed by atoms with van der Waals surface area (Å²) in [6.07, 6.45) is 12.0. The maximum absolute atomic E-state index is 11.5. The molecule has 2 heteroatoms. The second-order valence-electron chi connectivity index (χ2n) is 5.56. The number of rotatable bonds is 12. The smallest absolute Gasteiger partial charge is 0.309 e. The summed E-state index contributed by atoms with van der Waals surface area (Å²) in [6, 6.07) is 0. The van der Waals surface area contributed by atoms with Crippen LogP contribution < -0.4 is 0 Å². The summed E-state index contributed by atoms with van der Waals surface area (Å²) < 4.78 is 0. The molecule has 0 saturated heterocycles. The van der Waals surface area contributed by atoms with Crippen LogP contribution in [-0.2, 0) is 4.79 Å². The molecule has 0 heterocycles. The highest BCUT2D eigenvalue weighted by Gasteiger charge is 2.34. The zero-order chi connectivity index (χ0) is 13.9. The lowest BCUT2D eigenvalue weighted by Crippen LogP contribution is -2.30. The highest BCUT2D eigenvalue weighted by molar-refractivity contribution is 5.74. The minimum Gasteiger partial charge on any atom is -0.481 e. The molecule has 1 atom stereocenters. The number of hydrogen-bond donors (Lipinski definition) is 1. The number of carboxylic acids is 1. The first-order chi connectivity index (χ1) is 8.63. The monoisotopic (exact) mass is 256 g/mol. The fourth-order valence-corrected chi connectivity index (χ4v) is 2.60.